The van der Waals surface area contributed by atoms with Gasteiger partial charge >= 0.3 is 0 Å². The van der Waals surface area contributed by atoms with Crippen LogP contribution < -0.4 is 10.6 Å². The monoisotopic (exact) mass is 286 g/mol. The van der Waals surface area contributed by atoms with Crippen molar-refractivity contribution in [2.75, 3.05) is 14.1 Å². The molecule has 2 rings (SSSR count). The van der Waals surface area contributed by atoms with Crippen LogP contribution in [0.25, 0.3) is 0 Å². The van der Waals surface area contributed by atoms with Crippen molar-refractivity contribution in [2.24, 2.45) is 0 Å². The van der Waals surface area contributed by atoms with Crippen LogP contribution in [0.3, 0.4) is 0 Å². The van der Waals surface area contributed by atoms with Crippen LogP contribution in [-0.2, 0) is 0 Å². The Balaban J connectivity index is 2.12. The molecule has 0 bridgehead atoms. The maximum atomic E-state index is 6.10. The summed E-state index contributed by atoms with van der Waals surface area (Å²) in [7, 11) is 4.07. The average molecular weight is 287 g/mol. The van der Waals surface area contributed by atoms with Crippen molar-refractivity contribution in [1.29, 1.82) is 0 Å². The summed E-state index contributed by atoms with van der Waals surface area (Å²) < 4.78 is 0. The summed E-state index contributed by atoms with van der Waals surface area (Å²) in [6.45, 7) is 0. The molecular weight excluding hydrogens is 267 g/mol. The van der Waals surface area contributed by atoms with Crippen molar-refractivity contribution >= 4 is 23.2 Å². The standard InChI is InChI=1S/C14H20Cl2N2/c1-17-13-6-4-10(8-14(13)18-2)9-3-5-11(15)12(16)7-9/h3,5,7,10,13-14,17-18H,4,6,8H2,1-2H3/t10-,13-,14-/m0/s1. The second-order valence-corrected chi connectivity index (χ2v) is 5.79. The van der Waals surface area contributed by atoms with Crippen molar-refractivity contribution in [2.45, 2.75) is 37.3 Å². The first-order valence-corrected chi connectivity index (χ1v) is 7.20. The van der Waals surface area contributed by atoms with Crippen LogP contribution in [0.15, 0.2) is 18.2 Å². The Bertz CT molecular complexity index is 409. The molecule has 1 aromatic carbocycles. The van der Waals surface area contributed by atoms with Gasteiger partial charge in [-0.2, -0.15) is 0 Å². The predicted octanol–water partition coefficient (Wildman–Crippen LogP) is 3.44. The topological polar surface area (TPSA) is 24.1 Å². The molecule has 0 saturated heterocycles. The summed E-state index contributed by atoms with van der Waals surface area (Å²) in [6.07, 6.45) is 3.52. The van der Waals surface area contributed by atoms with Gasteiger partial charge in [-0.05, 0) is 57.0 Å². The van der Waals surface area contributed by atoms with Gasteiger partial charge in [-0.15, -0.1) is 0 Å². The summed E-state index contributed by atoms with van der Waals surface area (Å²) in [5.74, 6) is 0.571. The summed E-state index contributed by atoms with van der Waals surface area (Å²) in [6, 6.07) is 7.10. The molecule has 0 heterocycles. The Labute approximate surface area is 119 Å². The molecule has 0 aromatic heterocycles. The van der Waals surface area contributed by atoms with Gasteiger partial charge in [0.25, 0.3) is 0 Å². The predicted molar refractivity (Wildman–Crippen MR) is 78.7 cm³/mol. The Morgan fingerprint density at radius 2 is 1.72 bits per heavy atom. The minimum Gasteiger partial charge on any atom is -0.315 e. The molecule has 1 aliphatic rings. The van der Waals surface area contributed by atoms with E-state index in [4.69, 9.17) is 23.2 Å². The van der Waals surface area contributed by atoms with Gasteiger partial charge in [0.15, 0.2) is 0 Å². The van der Waals surface area contributed by atoms with E-state index in [0.717, 1.165) is 6.42 Å². The molecule has 0 spiro atoms. The highest BCUT2D eigenvalue weighted by molar-refractivity contribution is 6.42. The fourth-order valence-electron chi connectivity index (χ4n) is 2.90. The van der Waals surface area contributed by atoms with Crippen LogP contribution in [0.5, 0.6) is 0 Å². The summed E-state index contributed by atoms with van der Waals surface area (Å²) in [5.41, 5.74) is 1.30. The molecule has 1 aromatic rings. The van der Waals surface area contributed by atoms with E-state index in [1.165, 1.54) is 18.4 Å². The second kappa shape index (κ2) is 6.25. The Kier molecular flexibility index (Phi) is 4.91. The molecule has 0 unspecified atom stereocenters. The van der Waals surface area contributed by atoms with Gasteiger partial charge in [0, 0.05) is 12.1 Å². The fourth-order valence-corrected chi connectivity index (χ4v) is 3.21. The number of nitrogens with one attached hydrogen (secondary N) is 2. The maximum Gasteiger partial charge on any atom is 0.0595 e. The highest BCUT2D eigenvalue weighted by Gasteiger charge is 2.29. The minimum absolute atomic E-state index is 0.517. The molecule has 1 fully saturated rings. The molecule has 2 N–H and O–H groups in total. The first-order valence-electron chi connectivity index (χ1n) is 6.45. The van der Waals surface area contributed by atoms with Crippen molar-refractivity contribution in [3.05, 3.63) is 33.8 Å². The van der Waals surface area contributed by atoms with Crippen LogP contribution in [-0.4, -0.2) is 26.2 Å². The first-order chi connectivity index (χ1) is 8.65. The molecule has 1 saturated carbocycles. The highest BCUT2D eigenvalue weighted by Crippen LogP contribution is 2.35. The van der Waals surface area contributed by atoms with Gasteiger partial charge in [0.1, 0.15) is 0 Å². The van der Waals surface area contributed by atoms with Crippen LogP contribution in [0.2, 0.25) is 10.0 Å². The number of hydrogen-bond donors (Lipinski definition) is 2. The zero-order valence-corrected chi connectivity index (χ0v) is 12.4. The van der Waals surface area contributed by atoms with Gasteiger partial charge in [0.2, 0.25) is 0 Å². The minimum atomic E-state index is 0.517. The summed E-state index contributed by atoms with van der Waals surface area (Å²) >= 11 is 12.1. The van der Waals surface area contributed by atoms with E-state index in [9.17, 15) is 0 Å². The maximum absolute atomic E-state index is 6.10. The smallest absolute Gasteiger partial charge is 0.0595 e. The normalized spacial score (nSPS) is 28.3. The van der Waals surface area contributed by atoms with E-state index in [0.29, 0.717) is 28.0 Å². The molecule has 4 heteroatoms. The van der Waals surface area contributed by atoms with E-state index in [-0.39, 0.29) is 0 Å². The lowest BCUT2D eigenvalue weighted by Crippen LogP contribution is -2.48. The third kappa shape index (κ3) is 3.00. The van der Waals surface area contributed by atoms with Crippen molar-refractivity contribution in [3.63, 3.8) is 0 Å². The molecule has 0 aliphatic heterocycles. The van der Waals surface area contributed by atoms with Gasteiger partial charge in [-0.3, -0.25) is 0 Å². The SMILES string of the molecule is CN[C@H]1CC[C@H](c2ccc(Cl)c(Cl)c2)C[C@@H]1NC. The zero-order valence-electron chi connectivity index (χ0n) is 10.8. The molecule has 1 aliphatic carbocycles. The summed E-state index contributed by atoms with van der Waals surface area (Å²) in [5, 5.41) is 8.09. The van der Waals surface area contributed by atoms with Crippen LogP contribution in [0.4, 0.5) is 0 Å². The van der Waals surface area contributed by atoms with Crippen molar-refractivity contribution in [3.8, 4) is 0 Å². The third-order valence-electron chi connectivity index (χ3n) is 4.01. The molecule has 0 amide bonds. The van der Waals surface area contributed by atoms with Crippen molar-refractivity contribution in [1.82, 2.24) is 10.6 Å². The highest BCUT2D eigenvalue weighted by atomic mass is 35.5. The van der Waals surface area contributed by atoms with Crippen LogP contribution in [0.1, 0.15) is 30.7 Å². The first kappa shape index (κ1) is 14.1. The van der Waals surface area contributed by atoms with Gasteiger partial charge in [0.05, 0.1) is 10.0 Å². The van der Waals surface area contributed by atoms with Gasteiger partial charge < -0.3 is 10.6 Å². The quantitative estimate of drug-likeness (QED) is 0.890. The van der Waals surface area contributed by atoms with E-state index in [2.05, 4.69) is 16.7 Å². The number of hydrogen-bond acceptors (Lipinski definition) is 2. The fraction of sp³-hybridized carbons (Fsp3) is 0.571. The number of halogens is 2. The molecule has 3 atom stereocenters. The number of benzene rings is 1. The van der Waals surface area contributed by atoms with Crippen molar-refractivity contribution < 1.29 is 0 Å². The molecule has 0 radical (unpaired) electrons. The molecule has 2 nitrogen and oxygen atoms in total. The Morgan fingerprint density at radius 3 is 2.33 bits per heavy atom. The van der Waals surface area contributed by atoms with E-state index < -0.39 is 0 Å². The van der Waals surface area contributed by atoms with Gasteiger partial charge in [-0.1, -0.05) is 29.3 Å². The molecular formula is C14H20Cl2N2. The Morgan fingerprint density at radius 1 is 1.00 bits per heavy atom. The summed E-state index contributed by atoms with van der Waals surface area (Å²) in [4.78, 5) is 0. The van der Waals surface area contributed by atoms with E-state index in [1.807, 2.05) is 26.2 Å². The van der Waals surface area contributed by atoms with E-state index in [1.54, 1.807) is 0 Å². The molecule has 100 valence electrons. The van der Waals surface area contributed by atoms with Crippen LogP contribution >= 0.6 is 23.2 Å². The second-order valence-electron chi connectivity index (χ2n) is 4.97. The number of likely N-dealkylation sites (N-methyl/N-ethyl adjacent to an activating group) is 2. The van der Waals surface area contributed by atoms with Crippen LogP contribution in [0, 0.1) is 0 Å². The lowest BCUT2D eigenvalue weighted by molar-refractivity contribution is 0.283. The molecule has 18 heavy (non-hydrogen) atoms. The third-order valence-corrected chi connectivity index (χ3v) is 4.75. The Hall–Kier alpha value is -0.280. The number of rotatable bonds is 3. The lowest BCUT2D eigenvalue weighted by atomic mass is 9.79. The lowest BCUT2D eigenvalue weighted by Gasteiger charge is -2.36. The average Bonchev–Trinajstić information content (AvgIpc) is 2.41. The van der Waals surface area contributed by atoms with E-state index >= 15 is 0 Å². The van der Waals surface area contributed by atoms with Gasteiger partial charge in [-0.25, -0.2) is 0 Å². The zero-order chi connectivity index (χ0) is 13.1. The largest absolute Gasteiger partial charge is 0.315 e.